The van der Waals surface area contributed by atoms with E-state index in [1.54, 1.807) is 30.6 Å². The van der Waals surface area contributed by atoms with Crippen LogP contribution in [-0.4, -0.2) is 51.6 Å². The topological polar surface area (TPSA) is 95.6 Å². The number of ether oxygens (including phenoxy) is 2. The summed E-state index contributed by atoms with van der Waals surface area (Å²) in [6, 6.07) is 13.3. The number of nitrogens with one attached hydrogen (secondary N) is 1. The number of carbonyl (C=O) groups excluding carboxylic acids is 1. The summed E-state index contributed by atoms with van der Waals surface area (Å²) in [5.41, 5.74) is 1.66. The molecule has 1 N–H and O–H groups in total. The van der Waals surface area contributed by atoms with Crippen molar-refractivity contribution in [2.24, 2.45) is 0 Å². The van der Waals surface area contributed by atoms with E-state index < -0.39 is 20.6 Å². The molecule has 1 amide bonds. The van der Waals surface area contributed by atoms with Gasteiger partial charge in [0.2, 0.25) is 0 Å². The molecule has 3 heterocycles. The van der Waals surface area contributed by atoms with Crippen LogP contribution in [-0.2, 0) is 11.5 Å². The van der Waals surface area contributed by atoms with Crippen LogP contribution in [0.2, 0.25) is 25.7 Å². The minimum Gasteiger partial charge on any atom is -0.434 e. The van der Waals surface area contributed by atoms with Crippen molar-refractivity contribution >= 4 is 36.1 Å². The van der Waals surface area contributed by atoms with Crippen molar-refractivity contribution in [2.45, 2.75) is 39.0 Å². The van der Waals surface area contributed by atoms with Gasteiger partial charge in [-0.1, -0.05) is 43.9 Å². The minimum atomic E-state index is -3.04. The first-order valence-electron chi connectivity index (χ1n) is 12.4. The summed E-state index contributed by atoms with van der Waals surface area (Å²) >= 11 is 0. The Morgan fingerprint density at radius 1 is 1.08 bits per heavy atom. The number of aromatic nitrogens is 5. The summed E-state index contributed by atoms with van der Waals surface area (Å²) in [5.74, 6) is -0.512. The van der Waals surface area contributed by atoms with Gasteiger partial charge in [0.25, 0.3) is 5.91 Å². The number of fused-ring (bicyclic) bond motifs is 2. The molecule has 2 aromatic carbocycles. The van der Waals surface area contributed by atoms with E-state index in [9.17, 15) is 13.6 Å². The number of nitrogens with zero attached hydrogens (tertiary/aromatic N) is 5. The normalized spacial score (nSPS) is 11.9. The molecule has 0 atom stereocenters. The molecule has 5 rings (SSSR count). The first-order valence-corrected chi connectivity index (χ1v) is 16.1. The Morgan fingerprint density at radius 2 is 1.85 bits per heavy atom. The predicted octanol–water partition coefficient (Wildman–Crippen LogP) is 5.91. The smallest absolute Gasteiger partial charge is 0.387 e. The number of hydrogen-bond acceptors (Lipinski definition) is 6. The third-order valence-electron chi connectivity index (χ3n) is 6.14. The number of benzene rings is 2. The number of halogens is 2. The van der Waals surface area contributed by atoms with Gasteiger partial charge in [0.15, 0.2) is 5.65 Å². The van der Waals surface area contributed by atoms with Gasteiger partial charge in [-0.05, 0) is 35.0 Å². The fraction of sp³-hybridized carbons (Fsp3) is 0.259. The summed E-state index contributed by atoms with van der Waals surface area (Å²) in [6.07, 6.45) is 6.14. The molecule has 0 aliphatic carbocycles. The zero-order valence-electron chi connectivity index (χ0n) is 21.8. The van der Waals surface area contributed by atoms with E-state index in [1.165, 1.54) is 21.6 Å². The maximum atomic E-state index is 13.5. The Kier molecular flexibility index (Phi) is 7.40. The van der Waals surface area contributed by atoms with Crippen LogP contribution in [0.3, 0.4) is 0 Å². The predicted molar refractivity (Wildman–Crippen MR) is 147 cm³/mol. The van der Waals surface area contributed by atoms with Gasteiger partial charge in [0.05, 0.1) is 23.8 Å². The van der Waals surface area contributed by atoms with Crippen molar-refractivity contribution in [1.82, 2.24) is 24.4 Å². The monoisotopic (exact) mass is 550 g/mol. The second kappa shape index (κ2) is 10.9. The highest BCUT2D eigenvalue weighted by Gasteiger charge is 2.23. The van der Waals surface area contributed by atoms with E-state index in [0.717, 1.165) is 16.8 Å². The molecule has 39 heavy (non-hydrogen) atoms. The van der Waals surface area contributed by atoms with E-state index in [4.69, 9.17) is 9.47 Å². The third kappa shape index (κ3) is 5.96. The van der Waals surface area contributed by atoms with Crippen LogP contribution in [0.15, 0.2) is 67.3 Å². The van der Waals surface area contributed by atoms with Gasteiger partial charge < -0.3 is 14.8 Å². The largest absolute Gasteiger partial charge is 0.434 e. The Balaban J connectivity index is 1.56. The van der Waals surface area contributed by atoms with Gasteiger partial charge in [-0.3, -0.25) is 4.79 Å². The summed E-state index contributed by atoms with van der Waals surface area (Å²) in [5, 5.41) is 13.0. The van der Waals surface area contributed by atoms with Crippen LogP contribution >= 0.6 is 0 Å². The Morgan fingerprint density at radius 3 is 2.59 bits per heavy atom. The summed E-state index contributed by atoms with van der Waals surface area (Å²) in [7, 11) is -1.33. The van der Waals surface area contributed by atoms with E-state index in [0.29, 0.717) is 29.2 Å². The average Bonchev–Trinajstić information content (AvgIpc) is 3.49. The number of anilines is 1. The number of hydrogen-bond donors (Lipinski definition) is 1. The van der Waals surface area contributed by atoms with Crippen LogP contribution < -0.4 is 10.1 Å². The van der Waals surface area contributed by atoms with Crippen molar-refractivity contribution in [3.63, 3.8) is 0 Å². The summed E-state index contributed by atoms with van der Waals surface area (Å²) in [4.78, 5) is 17.5. The van der Waals surface area contributed by atoms with Crippen LogP contribution in [0.25, 0.3) is 27.7 Å². The zero-order chi connectivity index (χ0) is 27.6. The van der Waals surface area contributed by atoms with Crippen molar-refractivity contribution in [1.29, 1.82) is 0 Å². The van der Waals surface area contributed by atoms with E-state index in [-0.39, 0.29) is 18.0 Å². The van der Waals surface area contributed by atoms with E-state index in [1.807, 2.05) is 24.3 Å². The first-order chi connectivity index (χ1) is 18.7. The maximum Gasteiger partial charge on any atom is 0.387 e. The van der Waals surface area contributed by atoms with Gasteiger partial charge >= 0.3 is 6.61 Å². The standard InChI is InChI=1S/C27H28F2N6O3Si/c1-39(2,3)12-11-37-17-35-24(20-13-18-7-4-5-8-19(18)14-23(20)38-27(28)29)22(16-32-35)33-26(36)21-15-31-34-10-6-9-30-25(21)34/h4-10,13-16,27H,11-12,17H2,1-3H3,(H,33,36). The molecule has 0 aliphatic heterocycles. The molecule has 0 aliphatic rings. The molecule has 202 valence electrons. The van der Waals surface area contributed by atoms with Gasteiger partial charge in [-0.25, -0.2) is 14.2 Å². The summed E-state index contributed by atoms with van der Waals surface area (Å²) < 4.78 is 40.9. The maximum absolute atomic E-state index is 13.5. The van der Waals surface area contributed by atoms with Crippen molar-refractivity contribution in [3.05, 3.63) is 72.8 Å². The van der Waals surface area contributed by atoms with Crippen molar-refractivity contribution < 1.29 is 23.0 Å². The average molecular weight is 551 g/mol. The number of carbonyl (C=O) groups is 1. The quantitative estimate of drug-likeness (QED) is 0.172. The van der Waals surface area contributed by atoms with Gasteiger partial charge in [0.1, 0.15) is 18.0 Å². The lowest BCUT2D eigenvalue weighted by atomic mass is 10.0. The lowest BCUT2D eigenvalue weighted by Crippen LogP contribution is -2.22. The van der Waals surface area contributed by atoms with Crippen LogP contribution in [0, 0.1) is 0 Å². The van der Waals surface area contributed by atoms with E-state index >= 15 is 0 Å². The minimum absolute atomic E-state index is 0.0410. The molecule has 0 saturated carbocycles. The molecule has 0 radical (unpaired) electrons. The Bertz CT molecular complexity index is 1630. The summed E-state index contributed by atoms with van der Waals surface area (Å²) in [6.45, 7) is 4.31. The molecular formula is C27H28F2N6O3Si. The van der Waals surface area contributed by atoms with Crippen LogP contribution in [0.4, 0.5) is 14.5 Å². The second-order valence-electron chi connectivity index (χ2n) is 10.2. The number of alkyl halides is 2. The van der Waals surface area contributed by atoms with Crippen molar-refractivity contribution in [2.75, 3.05) is 11.9 Å². The van der Waals surface area contributed by atoms with Gasteiger partial charge in [-0.15, -0.1) is 0 Å². The highest BCUT2D eigenvalue weighted by Crippen LogP contribution is 2.39. The lowest BCUT2D eigenvalue weighted by Gasteiger charge is -2.18. The first kappa shape index (κ1) is 26.4. The fourth-order valence-corrected chi connectivity index (χ4v) is 4.92. The van der Waals surface area contributed by atoms with Crippen molar-refractivity contribution in [3.8, 4) is 17.0 Å². The molecular weight excluding hydrogens is 522 g/mol. The molecule has 12 heteroatoms. The van der Waals surface area contributed by atoms with Crippen LogP contribution in [0.5, 0.6) is 5.75 Å². The number of rotatable bonds is 10. The highest BCUT2D eigenvalue weighted by molar-refractivity contribution is 6.76. The number of amides is 1. The Labute approximate surface area is 224 Å². The zero-order valence-corrected chi connectivity index (χ0v) is 22.8. The molecule has 0 saturated heterocycles. The van der Waals surface area contributed by atoms with Crippen LogP contribution in [0.1, 0.15) is 10.4 Å². The molecule has 0 spiro atoms. The molecule has 5 aromatic rings. The molecule has 9 nitrogen and oxygen atoms in total. The molecule has 3 aromatic heterocycles. The third-order valence-corrected chi connectivity index (χ3v) is 7.84. The van der Waals surface area contributed by atoms with E-state index in [2.05, 4.69) is 40.1 Å². The van der Waals surface area contributed by atoms with Gasteiger partial charge in [0, 0.05) is 32.6 Å². The highest BCUT2D eigenvalue weighted by atomic mass is 28.3. The SMILES string of the molecule is C[Si](C)(C)CCOCn1ncc(NC(=O)c2cnn3cccnc23)c1-c1cc2ccccc2cc1OC(F)F. The Hall–Kier alpha value is -4.16. The molecule has 0 fully saturated rings. The molecule has 0 bridgehead atoms. The fourth-order valence-electron chi connectivity index (χ4n) is 4.16. The molecule has 0 unspecified atom stereocenters. The van der Waals surface area contributed by atoms with Gasteiger partial charge in [-0.2, -0.15) is 19.0 Å². The second-order valence-corrected chi connectivity index (χ2v) is 15.8. The lowest BCUT2D eigenvalue weighted by molar-refractivity contribution is -0.0494.